The van der Waals surface area contributed by atoms with E-state index in [1.807, 2.05) is 24.8 Å². The molecular formula is C17H23N3O. The molecule has 2 heterocycles. The fraction of sp³-hybridized carbons (Fsp3) is 0.471. The summed E-state index contributed by atoms with van der Waals surface area (Å²) < 4.78 is 7.84. The zero-order valence-corrected chi connectivity index (χ0v) is 12.4. The molecule has 1 unspecified atom stereocenters. The van der Waals surface area contributed by atoms with Crippen molar-refractivity contribution in [2.24, 2.45) is 0 Å². The average Bonchev–Trinajstić information content (AvgIpc) is 3.04. The number of ether oxygens (including phenoxy) is 1. The van der Waals surface area contributed by atoms with Gasteiger partial charge in [-0.15, -0.1) is 0 Å². The van der Waals surface area contributed by atoms with Gasteiger partial charge >= 0.3 is 0 Å². The van der Waals surface area contributed by atoms with Crippen molar-refractivity contribution < 1.29 is 4.74 Å². The minimum atomic E-state index is 0.587. The number of rotatable bonds is 7. The zero-order valence-electron chi connectivity index (χ0n) is 12.4. The van der Waals surface area contributed by atoms with Gasteiger partial charge in [-0.3, -0.25) is 0 Å². The summed E-state index contributed by atoms with van der Waals surface area (Å²) in [6.07, 6.45) is 9.23. The van der Waals surface area contributed by atoms with Crippen molar-refractivity contribution >= 4 is 0 Å². The number of hydrogen-bond donors (Lipinski definition) is 1. The molecule has 3 rings (SSSR count). The maximum absolute atomic E-state index is 5.70. The quantitative estimate of drug-likeness (QED) is 0.795. The minimum Gasteiger partial charge on any atom is -0.493 e. The van der Waals surface area contributed by atoms with Gasteiger partial charge in [0.15, 0.2) is 0 Å². The van der Waals surface area contributed by atoms with Gasteiger partial charge in [0.25, 0.3) is 0 Å². The van der Waals surface area contributed by atoms with Crippen LogP contribution in [0.4, 0.5) is 0 Å². The molecule has 1 atom stereocenters. The zero-order chi connectivity index (χ0) is 14.3. The molecule has 2 aromatic rings. The Hall–Kier alpha value is -1.81. The van der Waals surface area contributed by atoms with Crippen LogP contribution in [0.5, 0.6) is 5.75 Å². The van der Waals surface area contributed by atoms with Crippen LogP contribution in [-0.2, 0) is 6.54 Å². The second-order valence-corrected chi connectivity index (χ2v) is 5.58. The largest absolute Gasteiger partial charge is 0.493 e. The van der Waals surface area contributed by atoms with E-state index in [0.717, 1.165) is 38.4 Å². The van der Waals surface area contributed by atoms with Crippen molar-refractivity contribution in [1.29, 1.82) is 0 Å². The first-order chi connectivity index (χ1) is 10.4. The number of nitrogens with one attached hydrogen (secondary N) is 1. The van der Waals surface area contributed by atoms with Crippen molar-refractivity contribution in [2.45, 2.75) is 31.7 Å². The van der Waals surface area contributed by atoms with E-state index in [4.69, 9.17) is 4.74 Å². The van der Waals surface area contributed by atoms with Crippen molar-refractivity contribution in [3.05, 3.63) is 48.5 Å². The van der Waals surface area contributed by atoms with E-state index >= 15 is 0 Å². The predicted octanol–water partition coefficient (Wildman–Crippen LogP) is 2.82. The minimum absolute atomic E-state index is 0.587. The molecule has 0 saturated carbocycles. The number of unbranched alkanes of at least 4 members (excludes halogenated alkanes) is 1. The Morgan fingerprint density at radius 2 is 2.24 bits per heavy atom. The summed E-state index contributed by atoms with van der Waals surface area (Å²) in [6, 6.07) is 8.42. The van der Waals surface area contributed by atoms with Crippen molar-refractivity contribution in [3.63, 3.8) is 0 Å². The van der Waals surface area contributed by atoms with Gasteiger partial charge in [0, 0.05) is 31.4 Å². The van der Waals surface area contributed by atoms with E-state index in [-0.39, 0.29) is 0 Å². The molecule has 112 valence electrons. The fourth-order valence-electron chi connectivity index (χ4n) is 2.87. The standard InChI is InChI=1S/C17H23N3O/c1-2-6-17-16(5-1)15(7-12-21-17)13-18-8-3-4-10-20-11-9-19-14-20/h1-2,5-6,9,11,14-15,18H,3-4,7-8,10,12-13H2. The molecule has 1 N–H and O–H groups in total. The van der Waals surface area contributed by atoms with Gasteiger partial charge in [-0.1, -0.05) is 18.2 Å². The smallest absolute Gasteiger partial charge is 0.122 e. The summed E-state index contributed by atoms with van der Waals surface area (Å²) >= 11 is 0. The summed E-state index contributed by atoms with van der Waals surface area (Å²) in [4.78, 5) is 4.06. The van der Waals surface area contributed by atoms with Crippen LogP contribution in [-0.4, -0.2) is 29.2 Å². The number of para-hydroxylation sites is 1. The van der Waals surface area contributed by atoms with Crippen LogP contribution in [0.2, 0.25) is 0 Å². The number of hydrogen-bond acceptors (Lipinski definition) is 3. The van der Waals surface area contributed by atoms with Gasteiger partial charge in [-0.25, -0.2) is 4.98 Å². The predicted molar refractivity (Wildman–Crippen MR) is 83.6 cm³/mol. The fourth-order valence-corrected chi connectivity index (χ4v) is 2.87. The summed E-state index contributed by atoms with van der Waals surface area (Å²) in [5.74, 6) is 1.65. The van der Waals surface area contributed by atoms with E-state index in [1.54, 1.807) is 0 Å². The molecule has 0 fully saturated rings. The topological polar surface area (TPSA) is 39.1 Å². The van der Waals surface area contributed by atoms with Crippen LogP contribution in [0, 0.1) is 0 Å². The normalized spacial score (nSPS) is 17.2. The third-order valence-corrected chi connectivity index (χ3v) is 4.05. The molecule has 0 radical (unpaired) electrons. The van der Waals surface area contributed by atoms with E-state index in [1.165, 1.54) is 18.4 Å². The molecule has 4 nitrogen and oxygen atoms in total. The van der Waals surface area contributed by atoms with Gasteiger partial charge in [-0.05, 0) is 37.4 Å². The molecule has 0 amide bonds. The molecule has 1 aliphatic rings. The van der Waals surface area contributed by atoms with Crippen LogP contribution >= 0.6 is 0 Å². The molecular weight excluding hydrogens is 262 g/mol. The number of benzene rings is 1. The Morgan fingerprint density at radius 1 is 1.29 bits per heavy atom. The van der Waals surface area contributed by atoms with Crippen molar-refractivity contribution in [1.82, 2.24) is 14.9 Å². The van der Waals surface area contributed by atoms with Crippen molar-refractivity contribution in [3.8, 4) is 5.75 Å². The Labute approximate surface area is 126 Å². The van der Waals surface area contributed by atoms with Crippen LogP contribution in [0.3, 0.4) is 0 Å². The highest BCUT2D eigenvalue weighted by molar-refractivity contribution is 5.37. The lowest BCUT2D eigenvalue weighted by Crippen LogP contribution is -2.26. The van der Waals surface area contributed by atoms with Gasteiger partial charge in [0.05, 0.1) is 12.9 Å². The Kier molecular flexibility index (Phi) is 4.90. The van der Waals surface area contributed by atoms with E-state index in [0.29, 0.717) is 5.92 Å². The van der Waals surface area contributed by atoms with Crippen LogP contribution in [0.1, 0.15) is 30.7 Å². The highest BCUT2D eigenvalue weighted by Crippen LogP contribution is 2.32. The summed E-state index contributed by atoms with van der Waals surface area (Å²) in [5.41, 5.74) is 1.36. The lowest BCUT2D eigenvalue weighted by atomic mass is 9.93. The molecule has 1 aromatic carbocycles. The third kappa shape index (κ3) is 3.85. The molecule has 4 heteroatoms. The highest BCUT2D eigenvalue weighted by Gasteiger charge is 2.20. The molecule has 0 bridgehead atoms. The summed E-state index contributed by atoms with van der Waals surface area (Å²) in [7, 11) is 0. The first kappa shape index (κ1) is 14.1. The van der Waals surface area contributed by atoms with Crippen LogP contribution < -0.4 is 10.1 Å². The molecule has 0 spiro atoms. The average molecular weight is 285 g/mol. The van der Waals surface area contributed by atoms with Crippen LogP contribution in [0.15, 0.2) is 43.0 Å². The van der Waals surface area contributed by atoms with Crippen LogP contribution in [0.25, 0.3) is 0 Å². The molecule has 0 saturated heterocycles. The molecule has 1 aliphatic heterocycles. The molecule has 0 aliphatic carbocycles. The summed E-state index contributed by atoms with van der Waals surface area (Å²) in [6.45, 7) is 4.02. The Bertz CT molecular complexity index is 539. The Morgan fingerprint density at radius 3 is 3.14 bits per heavy atom. The molecule has 1 aromatic heterocycles. The highest BCUT2D eigenvalue weighted by atomic mass is 16.5. The van der Waals surface area contributed by atoms with Crippen molar-refractivity contribution in [2.75, 3.05) is 19.7 Å². The second-order valence-electron chi connectivity index (χ2n) is 5.58. The Balaban J connectivity index is 1.36. The van der Waals surface area contributed by atoms with E-state index < -0.39 is 0 Å². The number of imidazole rings is 1. The number of aryl methyl sites for hydroxylation is 1. The number of nitrogens with zero attached hydrogens (tertiary/aromatic N) is 2. The first-order valence-corrected chi connectivity index (χ1v) is 7.81. The summed E-state index contributed by atoms with van der Waals surface area (Å²) in [5, 5.41) is 3.60. The maximum Gasteiger partial charge on any atom is 0.122 e. The SMILES string of the molecule is c1ccc2c(c1)OCCC2CNCCCCn1ccnc1. The third-order valence-electron chi connectivity index (χ3n) is 4.05. The van der Waals surface area contributed by atoms with E-state index in [9.17, 15) is 0 Å². The lowest BCUT2D eigenvalue weighted by Gasteiger charge is -2.26. The lowest BCUT2D eigenvalue weighted by molar-refractivity contribution is 0.264. The van der Waals surface area contributed by atoms with Gasteiger partial charge in [0.2, 0.25) is 0 Å². The first-order valence-electron chi connectivity index (χ1n) is 7.81. The van der Waals surface area contributed by atoms with E-state index in [2.05, 4.69) is 33.1 Å². The second kappa shape index (κ2) is 7.27. The van der Waals surface area contributed by atoms with Gasteiger partial charge in [-0.2, -0.15) is 0 Å². The maximum atomic E-state index is 5.70. The van der Waals surface area contributed by atoms with Gasteiger partial charge in [0.1, 0.15) is 5.75 Å². The monoisotopic (exact) mass is 285 g/mol. The number of aromatic nitrogens is 2. The number of fused-ring (bicyclic) bond motifs is 1. The van der Waals surface area contributed by atoms with Gasteiger partial charge < -0.3 is 14.6 Å². The molecule has 21 heavy (non-hydrogen) atoms.